The second-order valence-corrected chi connectivity index (χ2v) is 17.5. The van der Waals surface area contributed by atoms with Gasteiger partial charge in [-0.2, -0.15) is 0 Å². The number of allylic oxidation sites excluding steroid dienone is 4. The van der Waals surface area contributed by atoms with Gasteiger partial charge in [-0.25, -0.2) is 0 Å². The SMILES string of the molecule is C1=CC(c2ccc(-c3cc4c5ccccc5sc4c4cc5sc6ccccc6c5cc34)c3ccccc23)=c2cccc/c2=C(c2cccc3ccccc23)/C=C/CC1. The van der Waals surface area contributed by atoms with E-state index in [1.165, 1.54) is 116 Å². The first-order valence-corrected chi connectivity index (χ1v) is 21.8. The molecule has 0 nitrogen and oxygen atoms in total. The second-order valence-electron chi connectivity index (χ2n) is 15.4. The number of hydrogen-bond acceptors (Lipinski definition) is 2. The molecule has 0 saturated carbocycles. The van der Waals surface area contributed by atoms with Gasteiger partial charge >= 0.3 is 0 Å². The number of rotatable bonds is 3. The van der Waals surface area contributed by atoms with Crippen molar-refractivity contribution in [2.75, 3.05) is 0 Å². The van der Waals surface area contributed by atoms with E-state index in [0.717, 1.165) is 12.8 Å². The molecule has 272 valence electrons. The van der Waals surface area contributed by atoms with Gasteiger partial charge in [0.25, 0.3) is 0 Å². The highest BCUT2D eigenvalue weighted by Gasteiger charge is 2.19. The predicted molar refractivity (Wildman–Crippen MR) is 255 cm³/mol. The summed E-state index contributed by atoms with van der Waals surface area (Å²) < 4.78 is 5.38. The van der Waals surface area contributed by atoms with Crippen LogP contribution in [0.15, 0.2) is 194 Å². The topological polar surface area (TPSA) is 0 Å². The summed E-state index contributed by atoms with van der Waals surface area (Å²) in [5, 5.41) is 15.5. The summed E-state index contributed by atoms with van der Waals surface area (Å²) in [6.45, 7) is 0. The van der Waals surface area contributed by atoms with Gasteiger partial charge in [0.2, 0.25) is 0 Å². The first-order valence-electron chi connectivity index (χ1n) is 20.2. The van der Waals surface area contributed by atoms with Crippen LogP contribution in [0, 0.1) is 0 Å². The van der Waals surface area contributed by atoms with Crippen molar-refractivity contribution >= 4 is 106 Å². The lowest BCUT2D eigenvalue weighted by Gasteiger charge is -2.16. The summed E-state index contributed by atoms with van der Waals surface area (Å²) in [6.07, 6.45) is 11.4. The molecule has 0 atom stereocenters. The van der Waals surface area contributed by atoms with Crippen LogP contribution in [-0.4, -0.2) is 0 Å². The van der Waals surface area contributed by atoms with Gasteiger partial charge in [-0.05, 0) is 114 Å². The van der Waals surface area contributed by atoms with Crippen molar-refractivity contribution in [3.05, 3.63) is 216 Å². The first-order chi connectivity index (χ1) is 28.8. The molecule has 1 aliphatic rings. The summed E-state index contributed by atoms with van der Waals surface area (Å²) in [6, 6.07) is 63.6. The van der Waals surface area contributed by atoms with Crippen molar-refractivity contribution in [2.24, 2.45) is 0 Å². The van der Waals surface area contributed by atoms with Crippen LogP contribution < -0.4 is 10.4 Å². The highest BCUT2D eigenvalue weighted by atomic mass is 32.1. The van der Waals surface area contributed by atoms with E-state index >= 15 is 0 Å². The molecule has 2 aromatic heterocycles. The molecule has 1 aliphatic carbocycles. The van der Waals surface area contributed by atoms with Crippen LogP contribution in [0.2, 0.25) is 0 Å². The molecule has 0 fully saturated rings. The molecule has 0 bridgehead atoms. The third-order valence-electron chi connectivity index (χ3n) is 12.1. The number of benzene rings is 9. The van der Waals surface area contributed by atoms with Crippen molar-refractivity contribution in [2.45, 2.75) is 12.8 Å². The molecule has 0 radical (unpaired) electrons. The van der Waals surface area contributed by atoms with E-state index < -0.39 is 0 Å². The zero-order valence-electron chi connectivity index (χ0n) is 31.7. The van der Waals surface area contributed by atoms with Crippen LogP contribution in [0.1, 0.15) is 24.0 Å². The molecule has 0 amide bonds. The van der Waals surface area contributed by atoms with Gasteiger partial charge in [0.15, 0.2) is 0 Å². The van der Waals surface area contributed by atoms with Gasteiger partial charge in [0.1, 0.15) is 0 Å². The van der Waals surface area contributed by atoms with Crippen molar-refractivity contribution in [1.29, 1.82) is 0 Å². The van der Waals surface area contributed by atoms with Crippen molar-refractivity contribution in [1.82, 2.24) is 0 Å². The zero-order valence-corrected chi connectivity index (χ0v) is 33.3. The summed E-state index contributed by atoms with van der Waals surface area (Å²) in [7, 11) is 0. The van der Waals surface area contributed by atoms with Crippen LogP contribution in [0.4, 0.5) is 0 Å². The normalized spacial score (nSPS) is 15.0. The van der Waals surface area contributed by atoms with Gasteiger partial charge in [-0.15, -0.1) is 22.7 Å². The minimum absolute atomic E-state index is 0.980. The standard InChI is InChI=1S/C56H36S2/c1-2-4-20-41(40-22-8-7-21-39(40)38(19-3-1)37-27-15-17-35-16-5-6-18-36(35)37)44-30-31-45(43-24-10-9-23-42(43)44)48-33-51-47-26-12-14-29-54(47)58-56(51)52-34-55-50(32-49(48)52)46-25-11-13-28-53(46)57-55/h3-34H,1-2H2/b19-3+,20-4?,39-38+,41-40?. The first kappa shape index (κ1) is 33.5. The maximum atomic E-state index is 2.49. The van der Waals surface area contributed by atoms with Gasteiger partial charge < -0.3 is 0 Å². The molecule has 11 aromatic rings. The van der Waals surface area contributed by atoms with E-state index in [1.807, 2.05) is 22.7 Å². The average Bonchev–Trinajstić information content (AvgIpc) is 3.84. The van der Waals surface area contributed by atoms with E-state index in [4.69, 9.17) is 0 Å². The zero-order chi connectivity index (χ0) is 38.2. The lowest BCUT2D eigenvalue weighted by molar-refractivity contribution is 1.05. The Hall–Kier alpha value is -6.58. The molecule has 0 N–H and O–H groups in total. The van der Waals surface area contributed by atoms with Crippen LogP contribution in [0.3, 0.4) is 0 Å². The summed E-state index contributed by atoms with van der Waals surface area (Å²) in [5.74, 6) is 0. The highest BCUT2D eigenvalue weighted by Crippen LogP contribution is 2.47. The Morgan fingerprint density at radius 2 is 0.845 bits per heavy atom. The van der Waals surface area contributed by atoms with E-state index in [0.29, 0.717) is 0 Å². The Kier molecular flexibility index (Phi) is 7.82. The third kappa shape index (κ3) is 5.26. The molecule has 0 saturated heterocycles. The number of thiophene rings is 2. The molecule has 12 rings (SSSR count). The Bertz CT molecular complexity index is 3680. The molecular weight excluding hydrogens is 737 g/mol. The summed E-state index contributed by atoms with van der Waals surface area (Å²) >= 11 is 3.82. The fraction of sp³-hybridized carbons (Fsp3) is 0.0357. The fourth-order valence-electron chi connectivity index (χ4n) is 9.46. The van der Waals surface area contributed by atoms with Crippen molar-refractivity contribution in [3.8, 4) is 11.1 Å². The smallest absolute Gasteiger partial charge is 0.0434 e. The van der Waals surface area contributed by atoms with Crippen LogP contribution in [0.5, 0.6) is 0 Å². The molecule has 58 heavy (non-hydrogen) atoms. The van der Waals surface area contributed by atoms with Crippen molar-refractivity contribution < 1.29 is 0 Å². The minimum Gasteiger partial charge on any atom is -0.135 e. The van der Waals surface area contributed by atoms with Crippen LogP contribution >= 0.6 is 22.7 Å². The molecular formula is C56H36S2. The summed E-state index contributed by atoms with van der Waals surface area (Å²) in [5.41, 5.74) is 7.58. The monoisotopic (exact) mass is 772 g/mol. The molecule has 9 aromatic carbocycles. The lowest BCUT2D eigenvalue weighted by atomic mass is 9.87. The third-order valence-corrected chi connectivity index (χ3v) is 14.5. The van der Waals surface area contributed by atoms with Crippen LogP contribution in [-0.2, 0) is 0 Å². The van der Waals surface area contributed by atoms with Gasteiger partial charge in [0.05, 0.1) is 0 Å². The largest absolute Gasteiger partial charge is 0.135 e. The van der Waals surface area contributed by atoms with Gasteiger partial charge in [-0.1, -0.05) is 164 Å². The predicted octanol–water partition coefficient (Wildman–Crippen LogP) is 14.9. The lowest BCUT2D eigenvalue weighted by Crippen LogP contribution is -2.29. The van der Waals surface area contributed by atoms with E-state index in [2.05, 4.69) is 194 Å². The fourth-order valence-corrected chi connectivity index (χ4v) is 11.8. The maximum Gasteiger partial charge on any atom is 0.0434 e. The summed E-state index contributed by atoms with van der Waals surface area (Å²) in [4.78, 5) is 0. The quantitative estimate of drug-likeness (QED) is 0.168. The minimum atomic E-state index is 0.980. The number of fused-ring (bicyclic) bond motifs is 11. The Labute approximate surface area is 344 Å². The van der Waals surface area contributed by atoms with E-state index in [9.17, 15) is 0 Å². The molecule has 0 aliphatic heterocycles. The Balaban J connectivity index is 1.18. The van der Waals surface area contributed by atoms with Gasteiger partial charge in [0, 0.05) is 45.7 Å². The Morgan fingerprint density at radius 3 is 1.59 bits per heavy atom. The van der Waals surface area contributed by atoms with Crippen molar-refractivity contribution in [3.63, 3.8) is 0 Å². The Morgan fingerprint density at radius 1 is 0.310 bits per heavy atom. The van der Waals surface area contributed by atoms with Gasteiger partial charge in [-0.3, -0.25) is 0 Å². The molecule has 2 heterocycles. The van der Waals surface area contributed by atoms with E-state index in [1.54, 1.807) is 0 Å². The maximum absolute atomic E-state index is 2.49. The molecule has 2 heteroatoms. The van der Waals surface area contributed by atoms with Crippen LogP contribution in [0.25, 0.3) is 94.9 Å². The second kappa shape index (κ2) is 13.5. The molecule has 0 unspecified atom stereocenters. The highest BCUT2D eigenvalue weighted by molar-refractivity contribution is 7.27. The average molecular weight is 773 g/mol. The van der Waals surface area contributed by atoms with E-state index in [-0.39, 0.29) is 0 Å². The molecule has 0 spiro atoms. The number of hydrogen-bond donors (Lipinski definition) is 0.